The molecule has 1 N–H and O–H groups in total. The van der Waals surface area contributed by atoms with Crippen molar-refractivity contribution >= 4 is 41.0 Å². The van der Waals surface area contributed by atoms with Gasteiger partial charge in [0.1, 0.15) is 18.1 Å². The lowest BCUT2D eigenvalue weighted by Gasteiger charge is -2.24. The van der Waals surface area contributed by atoms with Gasteiger partial charge in [0, 0.05) is 11.0 Å². The lowest BCUT2D eigenvalue weighted by molar-refractivity contribution is -0.123. The highest BCUT2D eigenvalue weighted by Crippen LogP contribution is 2.50. The van der Waals surface area contributed by atoms with E-state index >= 15 is 0 Å². The Morgan fingerprint density at radius 1 is 1.12 bits per heavy atom. The lowest BCUT2D eigenvalue weighted by atomic mass is 9.87. The molecule has 4 heterocycles. The summed E-state index contributed by atoms with van der Waals surface area (Å²) in [6, 6.07) is 16.7. The second-order valence-electron chi connectivity index (χ2n) is 10.8. The molecule has 212 valence electrons. The zero-order valence-corrected chi connectivity index (χ0v) is 24.4. The largest absolute Gasteiger partial charge is 0.467 e. The summed E-state index contributed by atoms with van der Waals surface area (Å²) in [5.74, 6) is 2.11. The lowest BCUT2D eigenvalue weighted by Crippen LogP contribution is -2.42. The number of furan rings is 1. The molecule has 0 bridgehead atoms. The van der Waals surface area contributed by atoms with Gasteiger partial charge < -0.3 is 19.2 Å². The van der Waals surface area contributed by atoms with Crippen LogP contribution in [-0.4, -0.2) is 40.7 Å². The van der Waals surface area contributed by atoms with E-state index in [0.717, 1.165) is 16.8 Å². The van der Waals surface area contributed by atoms with Crippen molar-refractivity contribution in [2.24, 2.45) is 0 Å². The van der Waals surface area contributed by atoms with Gasteiger partial charge in [0.15, 0.2) is 11.5 Å². The van der Waals surface area contributed by atoms with Gasteiger partial charge in [0.2, 0.25) is 18.6 Å². The molecule has 0 aliphatic carbocycles. The number of aromatic nitrogens is 2. The third kappa shape index (κ3) is 5.29. The van der Waals surface area contributed by atoms with Crippen molar-refractivity contribution in [2.45, 2.75) is 38.0 Å². The maximum atomic E-state index is 13.8. The van der Waals surface area contributed by atoms with Crippen LogP contribution in [0.5, 0.6) is 11.5 Å². The molecule has 9 nitrogen and oxygen atoms in total. The van der Waals surface area contributed by atoms with E-state index in [9.17, 15) is 9.59 Å². The average molecular weight is 593 g/mol. The number of amides is 2. The molecule has 2 aliphatic heterocycles. The fraction of sp³-hybridized carbons (Fsp3) is 0.300. The molecule has 11 heteroatoms. The molecule has 0 unspecified atom stereocenters. The number of ether oxygens (including phenoxy) is 2. The number of nitrogens with zero attached hydrogens (tertiary/aromatic N) is 3. The van der Waals surface area contributed by atoms with Crippen LogP contribution < -0.4 is 19.7 Å². The maximum absolute atomic E-state index is 13.8. The van der Waals surface area contributed by atoms with Gasteiger partial charge in [-0.15, -0.1) is 11.8 Å². The van der Waals surface area contributed by atoms with Gasteiger partial charge in [-0.25, -0.2) is 4.68 Å². The number of anilines is 1. The van der Waals surface area contributed by atoms with Gasteiger partial charge in [-0.2, -0.15) is 5.10 Å². The van der Waals surface area contributed by atoms with Crippen LogP contribution in [-0.2, 0) is 21.5 Å². The number of thioether (sulfide) groups is 1. The Morgan fingerprint density at radius 2 is 1.93 bits per heavy atom. The van der Waals surface area contributed by atoms with Crippen LogP contribution in [0.4, 0.5) is 5.82 Å². The smallest absolute Gasteiger partial charge is 0.240 e. The van der Waals surface area contributed by atoms with Crippen molar-refractivity contribution in [3.05, 3.63) is 88.5 Å². The molecular weight excluding hydrogens is 564 g/mol. The van der Waals surface area contributed by atoms with Gasteiger partial charge >= 0.3 is 0 Å². The van der Waals surface area contributed by atoms with Crippen LogP contribution in [0, 0.1) is 0 Å². The molecule has 2 amide bonds. The quantitative estimate of drug-likeness (QED) is 0.310. The zero-order valence-electron chi connectivity index (χ0n) is 22.8. The molecule has 2 aromatic carbocycles. The van der Waals surface area contributed by atoms with Crippen LogP contribution in [0.15, 0.2) is 65.3 Å². The number of hydrogen-bond acceptors (Lipinski definition) is 7. The van der Waals surface area contributed by atoms with E-state index in [4.69, 9.17) is 30.6 Å². The molecule has 6 rings (SSSR count). The molecule has 0 radical (unpaired) electrons. The number of carbonyl (C=O) groups excluding carboxylic acids is 2. The monoisotopic (exact) mass is 592 g/mol. The first kappa shape index (κ1) is 27.3. The topological polar surface area (TPSA) is 98.8 Å². The predicted molar refractivity (Wildman–Crippen MR) is 157 cm³/mol. The molecule has 4 aromatic rings. The minimum absolute atomic E-state index is 0.158. The molecule has 0 spiro atoms. The van der Waals surface area contributed by atoms with Crippen molar-refractivity contribution in [1.29, 1.82) is 0 Å². The highest BCUT2D eigenvalue weighted by Gasteiger charge is 2.40. The Labute approximate surface area is 246 Å². The Balaban J connectivity index is 1.51. The highest BCUT2D eigenvalue weighted by molar-refractivity contribution is 8.00. The van der Waals surface area contributed by atoms with E-state index in [2.05, 4.69) is 26.1 Å². The number of halogens is 1. The number of rotatable bonds is 6. The fourth-order valence-electron chi connectivity index (χ4n) is 5.00. The summed E-state index contributed by atoms with van der Waals surface area (Å²) in [5.41, 5.74) is 2.82. The molecular formula is C30H29ClN4O5S. The van der Waals surface area contributed by atoms with E-state index in [-0.39, 0.29) is 42.7 Å². The summed E-state index contributed by atoms with van der Waals surface area (Å²) in [7, 11) is 0. The first-order chi connectivity index (χ1) is 19.7. The number of nitrogens with one attached hydrogen (secondary N) is 1. The van der Waals surface area contributed by atoms with Gasteiger partial charge in [0.05, 0.1) is 40.2 Å². The molecule has 1 atom stereocenters. The van der Waals surface area contributed by atoms with E-state index in [0.29, 0.717) is 33.8 Å². The normalized spacial score (nSPS) is 16.4. The van der Waals surface area contributed by atoms with Crippen LogP contribution in [0.1, 0.15) is 48.6 Å². The number of benzene rings is 2. The summed E-state index contributed by atoms with van der Waals surface area (Å²) >= 11 is 8.19. The van der Waals surface area contributed by atoms with E-state index in [1.165, 1.54) is 16.7 Å². The minimum Gasteiger partial charge on any atom is -0.467 e. The van der Waals surface area contributed by atoms with Crippen LogP contribution in [0.25, 0.3) is 5.69 Å². The van der Waals surface area contributed by atoms with E-state index in [1.807, 2.05) is 36.4 Å². The Hall–Kier alpha value is -3.89. The van der Waals surface area contributed by atoms with Crippen molar-refractivity contribution in [1.82, 2.24) is 15.1 Å². The molecule has 41 heavy (non-hydrogen) atoms. The standard InChI is InChI=1S/C30H29ClN4O5S/c1-30(2,3)28-26-27(18-10-11-22-23(13-18)40-17-39-22)41-16-25(37)34(15-24(36)32-14-19-7-6-12-38-19)29(26)35(33-28)21-9-5-4-8-20(21)31/h4-13,27H,14-17H2,1-3H3,(H,32,36)/t27-/m0/s1. The Kier molecular flexibility index (Phi) is 7.21. The molecule has 2 aliphatic rings. The number of para-hydroxylation sites is 1. The molecule has 0 fully saturated rings. The van der Waals surface area contributed by atoms with Crippen LogP contribution in [0.2, 0.25) is 5.02 Å². The Morgan fingerprint density at radius 3 is 2.68 bits per heavy atom. The predicted octanol–water partition coefficient (Wildman–Crippen LogP) is 5.63. The second kappa shape index (κ2) is 10.8. The van der Waals surface area contributed by atoms with Crippen molar-refractivity contribution in [3.8, 4) is 17.2 Å². The second-order valence-corrected chi connectivity index (χ2v) is 12.3. The average Bonchev–Trinajstić information content (AvgIpc) is 3.69. The summed E-state index contributed by atoms with van der Waals surface area (Å²) in [6.07, 6.45) is 1.55. The number of carbonyl (C=O) groups is 2. The third-order valence-corrected chi connectivity index (χ3v) is 8.50. The molecule has 0 saturated heterocycles. The van der Waals surface area contributed by atoms with Gasteiger partial charge in [-0.05, 0) is 42.0 Å². The SMILES string of the molecule is CC(C)(C)c1nn(-c2ccccc2Cl)c2c1[C@H](c1ccc3c(c1)OCO3)SCC(=O)N2CC(=O)NCc1ccco1. The van der Waals surface area contributed by atoms with Gasteiger partial charge in [-0.3, -0.25) is 14.5 Å². The highest BCUT2D eigenvalue weighted by atomic mass is 35.5. The van der Waals surface area contributed by atoms with Gasteiger partial charge in [-0.1, -0.05) is 50.6 Å². The van der Waals surface area contributed by atoms with E-state index in [1.54, 1.807) is 29.1 Å². The maximum Gasteiger partial charge on any atom is 0.240 e. The third-order valence-electron chi connectivity index (χ3n) is 6.92. The summed E-state index contributed by atoms with van der Waals surface area (Å²) in [4.78, 5) is 28.6. The van der Waals surface area contributed by atoms with Crippen molar-refractivity contribution < 1.29 is 23.5 Å². The first-order valence-corrected chi connectivity index (χ1v) is 14.6. The molecule has 0 saturated carbocycles. The van der Waals surface area contributed by atoms with Crippen molar-refractivity contribution in [3.63, 3.8) is 0 Å². The first-order valence-electron chi connectivity index (χ1n) is 13.2. The summed E-state index contributed by atoms with van der Waals surface area (Å²) in [5, 5.41) is 8.15. The molecule has 2 aromatic heterocycles. The zero-order chi connectivity index (χ0) is 28.7. The summed E-state index contributed by atoms with van der Waals surface area (Å²) in [6.45, 7) is 6.44. The van der Waals surface area contributed by atoms with Crippen LogP contribution in [0.3, 0.4) is 0 Å². The van der Waals surface area contributed by atoms with E-state index < -0.39 is 5.41 Å². The minimum atomic E-state index is -0.396. The van der Waals surface area contributed by atoms with Crippen molar-refractivity contribution in [2.75, 3.05) is 24.0 Å². The van der Waals surface area contributed by atoms with Gasteiger partial charge in [0.25, 0.3) is 0 Å². The summed E-state index contributed by atoms with van der Waals surface area (Å²) < 4.78 is 18.3. The fourth-order valence-corrected chi connectivity index (χ4v) is 6.41. The number of fused-ring (bicyclic) bond motifs is 2. The number of hydrogen-bond donors (Lipinski definition) is 1. The van der Waals surface area contributed by atoms with Crippen LogP contribution >= 0.6 is 23.4 Å². The Bertz CT molecular complexity index is 1610.